The normalized spacial score (nSPS) is 11.6. The number of aromatic nitrogens is 2. The van der Waals surface area contributed by atoms with E-state index in [-0.39, 0.29) is 0 Å². The van der Waals surface area contributed by atoms with E-state index in [0.717, 1.165) is 21.1 Å². The van der Waals surface area contributed by atoms with Crippen molar-refractivity contribution in [3.8, 4) is 0 Å². The van der Waals surface area contributed by atoms with E-state index >= 15 is 0 Å². The number of rotatable bonds is 0. The zero-order valence-corrected chi connectivity index (χ0v) is 10.8. The molecule has 0 atom stereocenters. The Morgan fingerprint density at radius 3 is 2.67 bits per heavy atom. The maximum atomic E-state index is 6.16. The summed E-state index contributed by atoms with van der Waals surface area (Å²) < 4.78 is 1.11. The van der Waals surface area contributed by atoms with Crippen LogP contribution in [0.3, 0.4) is 0 Å². The SMILES string of the molecule is Clc1nc2cc3ccccc3cc2c2scnc12. The van der Waals surface area contributed by atoms with Gasteiger partial charge in [0.15, 0.2) is 5.15 Å². The molecule has 0 spiro atoms. The summed E-state index contributed by atoms with van der Waals surface area (Å²) in [6.45, 7) is 0. The molecule has 2 aromatic heterocycles. The van der Waals surface area contributed by atoms with Crippen LogP contribution in [0.15, 0.2) is 41.9 Å². The molecule has 4 rings (SSSR count). The van der Waals surface area contributed by atoms with Crippen molar-refractivity contribution < 1.29 is 0 Å². The predicted octanol–water partition coefficient (Wildman–Crippen LogP) is 4.65. The molecule has 18 heavy (non-hydrogen) atoms. The van der Waals surface area contributed by atoms with E-state index in [1.807, 2.05) is 17.6 Å². The van der Waals surface area contributed by atoms with Crippen molar-refractivity contribution in [1.82, 2.24) is 9.97 Å². The van der Waals surface area contributed by atoms with Gasteiger partial charge in [-0.2, -0.15) is 0 Å². The summed E-state index contributed by atoms with van der Waals surface area (Å²) in [6, 6.07) is 12.5. The van der Waals surface area contributed by atoms with Gasteiger partial charge in [-0.05, 0) is 22.9 Å². The van der Waals surface area contributed by atoms with Gasteiger partial charge >= 0.3 is 0 Å². The average Bonchev–Trinajstić information content (AvgIpc) is 2.87. The van der Waals surface area contributed by atoms with Crippen LogP contribution in [-0.4, -0.2) is 9.97 Å². The molecule has 0 unspecified atom stereocenters. The number of benzene rings is 2. The van der Waals surface area contributed by atoms with E-state index in [1.54, 1.807) is 11.3 Å². The minimum Gasteiger partial charge on any atom is -0.241 e. The van der Waals surface area contributed by atoms with Crippen molar-refractivity contribution in [3.63, 3.8) is 0 Å². The second-order valence-electron chi connectivity index (χ2n) is 4.15. The van der Waals surface area contributed by atoms with Crippen LogP contribution in [0.25, 0.3) is 31.9 Å². The molecule has 2 aromatic carbocycles. The van der Waals surface area contributed by atoms with Crippen molar-refractivity contribution in [1.29, 1.82) is 0 Å². The monoisotopic (exact) mass is 270 g/mol. The number of thiazole rings is 1. The molecule has 0 radical (unpaired) electrons. The van der Waals surface area contributed by atoms with Crippen LogP contribution in [-0.2, 0) is 0 Å². The molecule has 0 fully saturated rings. The summed E-state index contributed by atoms with van der Waals surface area (Å²) in [6.07, 6.45) is 0. The molecule has 0 bridgehead atoms. The predicted molar refractivity (Wildman–Crippen MR) is 77.4 cm³/mol. The molecule has 2 nitrogen and oxygen atoms in total. The molecule has 0 amide bonds. The van der Waals surface area contributed by atoms with Crippen LogP contribution in [0.5, 0.6) is 0 Å². The topological polar surface area (TPSA) is 25.8 Å². The summed E-state index contributed by atoms with van der Waals surface area (Å²) in [5.41, 5.74) is 3.53. The quantitative estimate of drug-likeness (QED) is 0.343. The fourth-order valence-electron chi connectivity index (χ4n) is 2.25. The molecule has 0 saturated heterocycles. The highest BCUT2D eigenvalue weighted by atomic mass is 35.5. The molecular weight excluding hydrogens is 264 g/mol. The van der Waals surface area contributed by atoms with Gasteiger partial charge in [-0.25, -0.2) is 9.97 Å². The molecule has 0 saturated carbocycles. The van der Waals surface area contributed by atoms with Gasteiger partial charge in [0.2, 0.25) is 0 Å². The lowest BCUT2D eigenvalue weighted by Crippen LogP contribution is -1.83. The third-order valence-corrected chi connectivity index (χ3v) is 4.21. The van der Waals surface area contributed by atoms with Crippen molar-refractivity contribution in [3.05, 3.63) is 47.1 Å². The Morgan fingerprint density at radius 2 is 1.83 bits per heavy atom. The van der Waals surface area contributed by atoms with Gasteiger partial charge < -0.3 is 0 Å². The Kier molecular flexibility index (Phi) is 2.07. The number of fused-ring (bicyclic) bond motifs is 4. The molecule has 4 heteroatoms. The Morgan fingerprint density at radius 1 is 1.06 bits per heavy atom. The Bertz CT molecular complexity index is 898. The molecule has 86 valence electrons. The molecule has 0 N–H and O–H groups in total. The smallest absolute Gasteiger partial charge is 0.156 e. The fraction of sp³-hybridized carbons (Fsp3) is 0. The number of pyridine rings is 1. The summed E-state index contributed by atoms with van der Waals surface area (Å²) in [5, 5.41) is 3.99. The zero-order chi connectivity index (χ0) is 12.1. The number of halogens is 1. The number of hydrogen-bond donors (Lipinski definition) is 0. The van der Waals surface area contributed by atoms with Crippen LogP contribution in [0.1, 0.15) is 0 Å². The molecule has 0 aliphatic rings. The van der Waals surface area contributed by atoms with Crippen LogP contribution >= 0.6 is 22.9 Å². The highest BCUT2D eigenvalue weighted by Gasteiger charge is 2.10. The number of nitrogens with zero attached hydrogens (tertiary/aromatic N) is 2. The minimum absolute atomic E-state index is 0.481. The first-order chi connectivity index (χ1) is 8.83. The first-order valence-electron chi connectivity index (χ1n) is 5.54. The number of hydrogen-bond acceptors (Lipinski definition) is 3. The Balaban J connectivity index is 2.30. The van der Waals surface area contributed by atoms with E-state index in [4.69, 9.17) is 11.6 Å². The standard InChI is InChI=1S/C14H7ClN2S/c15-14-12-13(18-7-16-12)10-5-8-3-1-2-4-9(8)6-11(10)17-14/h1-7H. The van der Waals surface area contributed by atoms with E-state index in [9.17, 15) is 0 Å². The maximum absolute atomic E-state index is 6.16. The summed E-state index contributed by atoms with van der Waals surface area (Å²) in [5.74, 6) is 0. The first-order valence-corrected chi connectivity index (χ1v) is 6.80. The third kappa shape index (κ3) is 1.35. The minimum atomic E-state index is 0.481. The molecule has 4 aromatic rings. The van der Waals surface area contributed by atoms with Gasteiger partial charge in [0.05, 0.1) is 15.7 Å². The second kappa shape index (κ2) is 3.64. The van der Waals surface area contributed by atoms with Gasteiger partial charge in [-0.3, -0.25) is 0 Å². The van der Waals surface area contributed by atoms with Crippen LogP contribution < -0.4 is 0 Å². The van der Waals surface area contributed by atoms with E-state index < -0.39 is 0 Å². The molecule has 2 heterocycles. The lowest BCUT2D eigenvalue weighted by molar-refractivity contribution is 1.40. The van der Waals surface area contributed by atoms with Gasteiger partial charge in [0.25, 0.3) is 0 Å². The van der Waals surface area contributed by atoms with Crippen molar-refractivity contribution in [2.45, 2.75) is 0 Å². The average molecular weight is 271 g/mol. The first kappa shape index (κ1) is 10.2. The Hall–Kier alpha value is -1.71. The highest BCUT2D eigenvalue weighted by Crippen LogP contribution is 2.33. The van der Waals surface area contributed by atoms with E-state index in [2.05, 4.69) is 34.2 Å². The second-order valence-corrected chi connectivity index (χ2v) is 5.36. The molecular formula is C14H7ClN2S. The van der Waals surface area contributed by atoms with Crippen LogP contribution in [0.4, 0.5) is 0 Å². The lowest BCUT2D eigenvalue weighted by Gasteiger charge is -2.03. The van der Waals surface area contributed by atoms with Crippen molar-refractivity contribution in [2.75, 3.05) is 0 Å². The van der Waals surface area contributed by atoms with Gasteiger partial charge in [-0.1, -0.05) is 35.9 Å². The molecule has 0 aliphatic heterocycles. The lowest BCUT2D eigenvalue weighted by atomic mass is 10.1. The van der Waals surface area contributed by atoms with Crippen molar-refractivity contribution in [2.24, 2.45) is 0 Å². The molecule has 0 aliphatic carbocycles. The van der Waals surface area contributed by atoms with Gasteiger partial charge in [0, 0.05) is 5.39 Å². The van der Waals surface area contributed by atoms with Crippen LogP contribution in [0.2, 0.25) is 5.15 Å². The van der Waals surface area contributed by atoms with Gasteiger partial charge in [0.1, 0.15) is 5.52 Å². The maximum Gasteiger partial charge on any atom is 0.156 e. The fourth-order valence-corrected chi connectivity index (χ4v) is 3.35. The zero-order valence-electron chi connectivity index (χ0n) is 9.22. The van der Waals surface area contributed by atoms with Crippen molar-refractivity contribution >= 4 is 54.8 Å². The Labute approximate surface area is 112 Å². The van der Waals surface area contributed by atoms with E-state index in [1.165, 1.54) is 10.8 Å². The largest absolute Gasteiger partial charge is 0.241 e. The summed E-state index contributed by atoms with van der Waals surface area (Å²) in [7, 11) is 0. The van der Waals surface area contributed by atoms with Gasteiger partial charge in [-0.15, -0.1) is 11.3 Å². The van der Waals surface area contributed by atoms with E-state index in [0.29, 0.717) is 5.15 Å². The van der Waals surface area contributed by atoms with Crippen LogP contribution in [0, 0.1) is 0 Å². The highest BCUT2D eigenvalue weighted by molar-refractivity contribution is 7.17. The summed E-state index contributed by atoms with van der Waals surface area (Å²) >= 11 is 7.77. The summed E-state index contributed by atoms with van der Waals surface area (Å²) in [4.78, 5) is 8.71. The third-order valence-electron chi connectivity index (χ3n) is 3.09.